The predicted octanol–water partition coefficient (Wildman–Crippen LogP) is 7.13. The Balaban J connectivity index is 1.79. The quantitative estimate of drug-likeness (QED) is 0.556. The molecule has 0 saturated heterocycles. The third kappa shape index (κ3) is 3.15. The van der Waals surface area contributed by atoms with Gasteiger partial charge in [-0.3, -0.25) is 0 Å². The van der Waals surface area contributed by atoms with Gasteiger partial charge in [0.2, 0.25) is 0 Å². The molecule has 26 heavy (non-hydrogen) atoms. The number of aryl methyl sites for hydroxylation is 1. The van der Waals surface area contributed by atoms with Crippen LogP contribution in [0.1, 0.15) is 75.3 Å². The van der Waals surface area contributed by atoms with E-state index in [1.807, 2.05) is 0 Å². The number of allylic oxidation sites excluding steroid dienone is 1. The highest BCUT2D eigenvalue weighted by Gasteiger charge is 2.25. The van der Waals surface area contributed by atoms with Crippen molar-refractivity contribution in [2.24, 2.45) is 5.92 Å². The second kappa shape index (κ2) is 6.41. The molecule has 0 heterocycles. The van der Waals surface area contributed by atoms with Crippen LogP contribution in [0.5, 0.6) is 0 Å². The van der Waals surface area contributed by atoms with Crippen LogP contribution in [0.2, 0.25) is 0 Å². The molecule has 0 nitrogen and oxygen atoms in total. The second-order valence-electron chi connectivity index (χ2n) is 9.72. The van der Waals surface area contributed by atoms with Crippen LogP contribution >= 0.6 is 0 Å². The summed E-state index contributed by atoms with van der Waals surface area (Å²) in [4.78, 5) is 0. The van der Waals surface area contributed by atoms with E-state index in [1.54, 1.807) is 27.8 Å². The van der Waals surface area contributed by atoms with Crippen molar-refractivity contribution in [3.8, 4) is 11.1 Å². The molecular weight excluding hydrogens is 312 g/mol. The van der Waals surface area contributed by atoms with E-state index in [-0.39, 0.29) is 5.41 Å². The van der Waals surface area contributed by atoms with Crippen LogP contribution in [-0.4, -0.2) is 0 Å². The molecule has 0 unspecified atom stereocenters. The highest BCUT2D eigenvalue weighted by Crippen LogP contribution is 2.43. The minimum atomic E-state index is 0.213. The summed E-state index contributed by atoms with van der Waals surface area (Å²) in [6, 6.07) is 11.9. The smallest absolute Gasteiger partial charge is 0.00515 e. The van der Waals surface area contributed by atoms with Crippen LogP contribution in [0.3, 0.4) is 0 Å². The lowest BCUT2D eigenvalue weighted by molar-refractivity contribution is 0.590. The first kappa shape index (κ1) is 17.6. The minimum Gasteiger partial charge on any atom is -0.0649 e. The zero-order valence-corrected chi connectivity index (χ0v) is 17.1. The van der Waals surface area contributed by atoms with Crippen LogP contribution in [0, 0.1) is 5.92 Å². The first-order valence-electron chi connectivity index (χ1n) is 10.3. The fourth-order valence-corrected chi connectivity index (χ4v) is 4.77. The molecule has 4 rings (SSSR count). The van der Waals surface area contributed by atoms with Gasteiger partial charge >= 0.3 is 0 Å². The van der Waals surface area contributed by atoms with E-state index >= 15 is 0 Å². The maximum atomic E-state index is 2.50. The number of rotatable bonds is 3. The highest BCUT2D eigenvalue weighted by molar-refractivity contribution is 5.81. The van der Waals surface area contributed by atoms with Crippen molar-refractivity contribution >= 4 is 6.08 Å². The molecule has 0 radical (unpaired) electrons. The third-order valence-electron chi connectivity index (χ3n) is 6.02. The van der Waals surface area contributed by atoms with Crippen molar-refractivity contribution in [2.75, 3.05) is 0 Å². The molecule has 0 spiro atoms. The average molecular weight is 345 g/mol. The molecule has 2 aromatic carbocycles. The topological polar surface area (TPSA) is 0 Å². The van der Waals surface area contributed by atoms with Gasteiger partial charge in [-0.1, -0.05) is 76.6 Å². The molecule has 2 aromatic rings. The molecule has 2 aliphatic carbocycles. The first-order chi connectivity index (χ1) is 12.3. The Hall–Kier alpha value is -1.82. The van der Waals surface area contributed by atoms with Gasteiger partial charge in [0.1, 0.15) is 0 Å². The molecule has 0 aliphatic heterocycles. The summed E-state index contributed by atoms with van der Waals surface area (Å²) in [6.45, 7) is 11.5. The molecule has 0 heteroatoms. The number of hydrogen-bond acceptors (Lipinski definition) is 0. The Morgan fingerprint density at radius 3 is 2.35 bits per heavy atom. The highest BCUT2D eigenvalue weighted by atomic mass is 14.3. The van der Waals surface area contributed by atoms with E-state index in [0.29, 0.717) is 0 Å². The van der Waals surface area contributed by atoms with Crippen molar-refractivity contribution in [1.29, 1.82) is 0 Å². The molecule has 136 valence electrons. The molecule has 0 amide bonds. The standard InChI is InChI=1S/C26H32/c1-17(2)13-18-14-21-16-20-7-6-8-23(20)25(24(21)15-18)19-9-11-22(12-10-19)26(3,4)5/h9-12,14,16-17H,6-8,13,15H2,1-5H3. The van der Waals surface area contributed by atoms with Crippen LogP contribution in [0.25, 0.3) is 17.2 Å². The molecule has 0 atom stereocenters. The molecule has 0 aromatic heterocycles. The van der Waals surface area contributed by atoms with E-state index in [1.165, 1.54) is 42.4 Å². The van der Waals surface area contributed by atoms with E-state index in [4.69, 9.17) is 0 Å². The van der Waals surface area contributed by atoms with Crippen LogP contribution in [0.4, 0.5) is 0 Å². The molecule has 0 fully saturated rings. The monoisotopic (exact) mass is 344 g/mol. The summed E-state index contributed by atoms with van der Waals surface area (Å²) in [6.07, 6.45) is 8.68. The van der Waals surface area contributed by atoms with E-state index < -0.39 is 0 Å². The first-order valence-corrected chi connectivity index (χ1v) is 10.3. The van der Waals surface area contributed by atoms with E-state index in [9.17, 15) is 0 Å². The Bertz CT molecular complexity index is 854. The summed E-state index contributed by atoms with van der Waals surface area (Å²) in [7, 11) is 0. The van der Waals surface area contributed by atoms with Gasteiger partial charge < -0.3 is 0 Å². The zero-order chi connectivity index (χ0) is 18.5. The van der Waals surface area contributed by atoms with Crippen LogP contribution in [-0.2, 0) is 24.7 Å². The normalized spacial score (nSPS) is 16.0. The predicted molar refractivity (Wildman–Crippen MR) is 114 cm³/mol. The summed E-state index contributed by atoms with van der Waals surface area (Å²) in [5, 5.41) is 0. The summed E-state index contributed by atoms with van der Waals surface area (Å²) < 4.78 is 0. The molecular formula is C26H32. The van der Waals surface area contributed by atoms with Gasteiger partial charge in [0, 0.05) is 0 Å². The lowest BCUT2D eigenvalue weighted by Crippen LogP contribution is -2.10. The average Bonchev–Trinajstić information content (AvgIpc) is 3.16. The Morgan fingerprint density at radius 2 is 1.69 bits per heavy atom. The van der Waals surface area contributed by atoms with Crippen molar-refractivity contribution in [1.82, 2.24) is 0 Å². The van der Waals surface area contributed by atoms with Crippen molar-refractivity contribution in [2.45, 2.75) is 72.1 Å². The summed E-state index contributed by atoms with van der Waals surface area (Å²) >= 11 is 0. The van der Waals surface area contributed by atoms with Gasteiger partial charge in [0.05, 0.1) is 0 Å². The van der Waals surface area contributed by atoms with E-state index in [2.05, 4.69) is 71.0 Å². The van der Waals surface area contributed by atoms with Crippen LogP contribution in [0.15, 0.2) is 35.9 Å². The minimum absolute atomic E-state index is 0.213. The number of hydrogen-bond donors (Lipinski definition) is 0. The fraction of sp³-hybridized carbons (Fsp3) is 0.462. The molecule has 0 saturated carbocycles. The van der Waals surface area contributed by atoms with Crippen molar-refractivity contribution in [3.05, 3.63) is 63.7 Å². The Morgan fingerprint density at radius 1 is 0.962 bits per heavy atom. The zero-order valence-electron chi connectivity index (χ0n) is 17.1. The molecule has 0 bridgehead atoms. The molecule has 2 aliphatic rings. The van der Waals surface area contributed by atoms with Crippen molar-refractivity contribution < 1.29 is 0 Å². The van der Waals surface area contributed by atoms with E-state index in [0.717, 1.165) is 12.3 Å². The maximum Gasteiger partial charge on any atom is -0.00515 e. The van der Waals surface area contributed by atoms with Crippen LogP contribution < -0.4 is 0 Å². The van der Waals surface area contributed by atoms with Gasteiger partial charge in [-0.05, 0) is 82.4 Å². The fourth-order valence-electron chi connectivity index (χ4n) is 4.77. The van der Waals surface area contributed by atoms with Gasteiger partial charge in [-0.15, -0.1) is 0 Å². The SMILES string of the molecule is CC(C)CC1=Cc2cc3c(c(-c4ccc(C(C)(C)C)cc4)c2C1)CCC3. The van der Waals surface area contributed by atoms with Gasteiger partial charge in [0.15, 0.2) is 0 Å². The second-order valence-corrected chi connectivity index (χ2v) is 9.72. The maximum absolute atomic E-state index is 2.50. The van der Waals surface area contributed by atoms with Crippen molar-refractivity contribution in [3.63, 3.8) is 0 Å². The number of fused-ring (bicyclic) bond motifs is 2. The van der Waals surface area contributed by atoms with Gasteiger partial charge in [-0.2, -0.15) is 0 Å². The van der Waals surface area contributed by atoms with Gasteiger partial charge in [-0.25, -0.2) is 0 Å². The lowest BCUT2D eigenvalue weighted by atomic mass is 9.84. The Labute approximate surface area is 159 Å². The third-order valence-corrected chi connectivity index (χ3v) is 6.02. The van der Waals surface area contributed by atoms with Gasteiger partial charge in [0.25, 0.3) is 0 Å². The Kier molecular flexibility index (Phi) is 4.34. The largest absolute Gasteiger partial charge is 0.0649 e. The lowest BCUT2D eigenvalue weighted by Gasteiger charge is -2.21. The summed E-state index contributed by atoms with van der Waals surface area (Å²) in [5.74, 6) is 0.733. The molecule has 0 N–H and O–H groups in total. The number of benzene rings is 2. The summed E-state index contributed by atoms with van der Waals surface area (Å²) in [5.41, 5.74) is 12.5.